The first-order valence-electron chi connectivity index (χ1n) is 15.7. The maximum absolute atomic E-state index is 14.5. The predicted octanol–water partition coefficient (Wildman–Crippen LogP) is 6.26. The van der Waals surface area contributed by atoms with Crippen LogP contribution in [0.2, 0.25) is 10.0 Å². The van der Waals surface area contributed by atoms with Gasteiger partial charge in [-0.3, -0.25) is 4.79 Å². The smallest absolute Gasteiger partial charge is 0.252 e. The second kappa shape index (κ2) is 13.6. The fraction of sp³-hybridized carbons (Fsp3) is 0.417. The van der Waals surface area contributed by atoms with Gasteiger partial charge in [0.15, 0.2) is 0 Å². The van der Waals surface area contributed by atoms with E-state index in [9.17, 15) is 4.79 Å². The maximum atomic E-state index is 14.5. The largest absolute Gasteiger partial charge is 0.496 e. The van der Waals surface area contributed by atoms with Crippen molar-refractivity contribution in [2.45, 2.75) is 63.8 Å². The molecule has 0 aromatic heterocycles. The molecule has 2 aliphatic heterocycles. The van der Waals surface area contributed by atoms with Crippen LogP contribution in [-0.2, 0) is 24.3 Å². The molecule has 2 heterocycles. The number of nitrogens with one attached hydrogen (secondary N) is 2. The first kappa shape index (κ1) is 31.1. The van der Waals surface area contributed by atoms with Crippen molar-refractivity contribution in [1.29, 1.82) is 0 Å². The summed E-state index contributed by atoms with van der Waals surface area (Å²) in [4.78, 5) is 18.9. The number of halogens is 2. The van der Waals surface area contributed by atoms with Crippen molar-refractivity contribution in [1.82, 2.24) is 20.4 Å². The number of amides is 1. The Morgan fingerprint density at radius 3 is 2.41 bits per heavy atom. The van der Waals surface area contributed by atoms with Gasteiger partial charge in [0.1, 0.15) is 5.75 Å². The molecule has 0 spiro atoms. The topological polar surface area (TPSA) is 56.8 Å². The molecule has 3 aliphatic rings. The molecule has 8 heteroatoms. The van der Waals surface area contributed by atoms with Crippen LogP contribution in [0, 0.1) is 6.92 Å². The van der Waals surface area contributed by atoms with Gasteiger partial charge >= 0.3 is 0 Å². The molecule has 1 saturated heterocycles. The van der Waals surface area contributed by atoms with E-state index in [1.807, 2.05) is 30.3 Å². The number of piperazine rings is 1. The van der Waals surface area contributed by atoms with E-state index in [1.54, 1.807) is 7.11 Å². The van der Waals surface area contributed by atoms with Gasteiger partial charge in [-0.2, -0.15) is 0 Å². The SMILES string of the molecule is COc1cccc(CN(C(=O)C2=C(c3ccc(CCN(C)Cc4c(Cl)cccc4Cl)cc3)C[C@H]3CNC[C@H]2N3)C2CC2)c1C. The second-order valence-corrected chi connectivity index (χ2v) is 13.3. The molecule has 1 amide bonds. The lowest BCUT2D eigenvalue weighted by atomic mass is 9.83. The molecule has 2 fully saturated rings. The zero-order valence-electron chi connectivity index (χ0n) is 25.8. The summed E-state index contributed by atoms with van der Waals surface area (Å²) in [5.74, 6) is 1.02. The molecule has 1 aliphatic carbocycles. The molecule has 2 bridgehead atoms. The monoisotopic (exact) mass is 632 g/mol. The average Bonchev–Trinajstić information content (AvgIpc) is 3.87. The molecule has 44 heavy (non-hydrogen) atoms. The summed E-state index contributed by atoms with van der Waals surface area (Å²) in [6, 6.07) is 21.2. The van der Waals surface area contributed by atoms with Gasteiger partial charge in [-0.15, -0.1) is 0 Å². The summed E-state index contributed by atoms with van der Waals surface area (Å²) in [5, 5.41) is 8.71. The Labute approximate surface area is 271 Å². The molecule has 0 radical (unpaired) electrons. The molecule has 3 aromatic carbocycles. The van der Waals surface area contributed by atoms with Crippen molar-refractivity contribution < 1.29 is 9.53 Å². The van der Waals surface area contributed by atoms with Crippen molar-refractivity contribution in [2.24, 2.45) is 0 Å². The Bertz CT molecular complexity index is 1520. The number of nitrogens with zero attached hydrogens (tertiary/aromatic N) is 2. The summed E-state index contributed by atoms with van der Waals surface area (Å²) in [6.07, 6.45) is 3.86. The van der Waals surface area contributed by atoms with E-state index in [2.05, 4.69) is 64.7 Å². The van der Waals surface area contributed by atoms with Gasteiger partial charge in [-0.05, 0) is 85.7 Å². The maximum Gasteiger partial charge on any atom is 0.252 e. The Morgan fingerprint density at radius 2 is 1.70 bits per heavy atom. The van der Waals surface area contributed by atoms with Gasteiger partial charge in [0.2, 0.25) is 0 Å². The van der Waals surface area contributed by atoms with Crippen molar-refractivity contribution in [3.8, 4) is 5.75 Å². The van der Waals surface area contributed by atoms with Gasteiger partial charge in [-0.1, -0.05) is 65.7 Å². The first-order valence-corrected chi connectivity index (χ1v) is 16.4. The van der Waals surface area contributed by atoms with Gasteiger partial charge in [0.05, 0.1) is 13.2 Å². The van der Waals surface area contributed by atoms with Crippen LogP contribution in [0.1, 0.15) is 47.1 Å². The van der Waals surface area contributed by atoms with E-state index in [0.29, 0.717) is 29.2 Å². The lowest BCUT2D eigenvalue weighted by Crippen LogP contribution is -2.60. The van der Waals surface area contributed by atoms with Crippen LogP contribution in [-0.4, -0.2) is 67.6 Å². The zero-order valence-corrected chi connectivity index (χ0v) is 27.3. The van der Waals surface area contributed by atoms with Gasteiger partial charge < -0.3 is 25.2 Å². The highest BCUT2D eigenvalue weighted by molar-refractivity contribution is 6.35. The number of likely N-dealkylation sites (N-methyl/N-ethyl adjacent to an activating group) is 1. The highest BCUT2D eigenvalue weighted by atomic mass is 35.5. The van der Waals surface area contributed by atoms with Crippen LogP contribution in [0.25, 0.3) is 5.57 Å². The lowest BCUT2D eigenvalue weighted by molar-refractivity contribution is -0.128. The average molecular weight is 634 g/mol. The highest BCUT2D eigenvalue weighted by Crippen LogP contribution is 2.37. The molecule has 2 atom stereocenters. The number of fused-ring (bicyclic) bond motifs is 2. The molecular weight excluding hydrogens is 591 g/mol. The standard InChI is InChI=1S/C36H42Cl2N4O2/c1-23-26(6-4-9-34(23)44-3)21-42(28-14-15-28)36(43)35-29(18-27-19-39-20-33(35)40-27)25-12-10-24(11-13-25)16-17-41(2)22-30-31(37)7-5-8-32(30)38/h4-13,27-28,33,39-40H,14-22H2,1-3H3/t27-,33+/m0/s1. The Balaban J connectivity index is 1.22. The first-order chi connectivity index (χ1) is 21.3. The molecule has 2 N–H and O–H groups in total. The van der Waals surface area contributed by atoms with E-state index in [4.69, 9.17) is 27.9 Å². The minimum Gasteiger partial charge on any atom is -0.496 e. The number of hydrogen-bond donors (Lipinski definition) is 2. The molecule has 6 nitrogen and oxygen atoms in total. The summed E-state index contributed by atoms with van der Waals surface area (Å²) in [5.41, 5.74) is 7.73. The third-order valence-electron chi connectivity index (χ3n) is 9.31. The van der Waals surface area contributed by atoms with Crippen molar-refractivity contribution >= 4 is 34.7 Å². The van der Waals surface area contributed by atoms with Crippen LogP contribution in [0.3, 0.4) is 0 Å². The number of rotatable bonds is 11. The molecule has 3 aromatic rings. The zero-order chi connectivity index (χ0) is 30.8. The quantitative estimate of drug-likeness (QED) is 0.261. The van der Waals surface area contributed by atoms with E-state index in [0.717, 1.165) is 78.9 Å². The third-order valence-corrected chi connectivity index (χ3v) is 10.0. The molecule has 0 unspecified atom stereocenters. The van der Waals surface area contributed by atoms with Crippen LogP contribution in [0.4, 0.5) is 0 Å². The molecule has 6 rings (SSSR count). The Morgan fingerprint density at radius 1 is 0.977 bits per heavy atom. The van der Waals surface area contributed by atoms with E-state index in [-0.39, 0.29) is 18.0 Å². The van der Waals surface area contributed by atoms with E-state index >= 15 is 0 Å². The van der Waals surface area contributed by atoms with Gasteiger partial charge in [0, 0.05) is 66.0 Å². The van der Waals surface area contributed by atoms with Gasteiger partial charge in [0.25, 0.3) is 5.91 Å². The van der Waals surface area contributed by atoms with E-state index in [1.165, 1.54) is 11.1 Å². The van der Waals surface area contributed by atoms with Crippen LogP contribution >= 0.6 is 23.2 Å². The van der Waals surface area contributed by atoms with Crippen LogP contribution in [0.5, 0.6) is 5.75 Å². The molecular formula is C36H42Cl2N4O2. The summed E-state index contributed by atoms with van der Waals surface area (Å²) in [6.45, 7) is 5.93. The van der Waals surface area contributed by atoms with Gasteiger partial charge in [-0.25, -0.2) is 0 Å². The number of hydrogen-bond acceptors (Lipinski definition) is 5. The number of benzene rings is 3. The minimum atomic E-state index is 0.00242. The summed E-state index contributed by atoms with van der Waals surface area (Å²) >= 11 is 12.8. The molecule has 232 valence electrons. The van der Waals surface area contributed by atoms with Crippen molar-refractivity contribution in [3.05, 3.63) is 104 Å². The van der Waals surface area contributed by atoms with Crippen molar-refractivity contribution in [2.75, 3.05) is 33.8 Å². The van der Waals surface area contributed by atoms with Crippen LogP contribution in [0.15, 0.2) is 66.2 Å². The molecule has 1 saturated carbocycles. The number of carbonyl (C=O) groups is 1. The second-order valence-electron chi connectivity index (χ2n) is 12.5. The lowest BCUT2D eigenvalue weighted by Gasteiger charge is -2.41. The summed E-state index contributed by atoms with van der Waals surface area (Å²) < 4.78 is 5.58. The Kier molecular flexibility index (Phi) is 9.65. The normalized spacial score (nSPS) is 19.8. The minimum absolute atomic E-state index is 0.00242. The fourth-order valence-corrected chi connectivity index (χ4v) is 7.12. The number of carbonyl (C=O) groups excluding carboxylic acids is 1. The number of methoxy groups -OCH3 is 1. The fourth-order valence-electron chi connectivity index (χ4n) is 6.61. The number of ether oxygens (including phenoxy) is 1. The highest BCUT2D eigenvalue weighted by Gasteiger charge is 2.41. The van der Waals surface area contributed by atoms with Crippen molar-refractivity contribution in [3.63, 3.8) is 0 Å². The summed E-state index contributed by atoms with van der Waals surface area (Å²) in [7, 11) is 3.80. The third kappa shape index (κ3) is 6.85. The predicted molar refractivity (Wildman–Crippen MR) is 179 cm³/mol. The van der Waals surface area contributed by atoms with Crippen LogP contribution < -0.4 is 15.4 Å². The Hall–Kier alpha value is -2.87. The van der Waals surface area contributed by atoms with E-state index < -0.39 is 0 Å².